The third-order valence-corrected chi connectivity index (χ3v) is 5.80. The van der Waals surface area contributed by atoms with Crippen molar-refractivity contribution in [2.45, 2.75) is 38.8 Å². The van der Waals surface area contributed by atoms with E-state index in [0.717, 1.165) is 48.1 Å². The number of anilines is 2. The highest BCUT2D eigenvalue weighted by atomic mass is 16.5. The van der Waals surface area contributed by atoms with Gasteiger partial charge in [0.25, 0.3) is 5.56 Å². The molecule has 0 amide bonds. The molecule has 6 nitrogen and oxygen atoms in total. The number of rotatable bonds is 6. The second-order valence-electron chi connectivity index (χ2n) is 7.67. The number of carbonyl (C=O) groups excluding carboxylic acids is 1. The molecule has 1 atom stereocenters. The van der Waals surface area contributed by atoms with Gasteiger partial charge in [-0.25, -0.2) is 4.79 Å². The molecule has 2 heterocycles. The van der Waals surface area contributed by atoms with Crippen molar-refractivity contribution >= 4 is 28.2 Å². The Bertz CT molecular complexity index is 1100. The summed E-state index contributed by atoms with van der Waals surface area (Å²) in [5.74, 6) is -0.184. The highest BCUT2D eigenvalue weighted by Crippen LogP contribution is 2.27. The number of fused-ring (bicyclic) bond motifs is 1. The number of aromatic amines is 1. The van der Waals surface area contributed by atoms with Crippen LogP contribution in [0.15, 0.2) is 53.3 Å². The van der Waals surface area contributed by atoms with Crippen molar-refractivity contribution in [2.24, 2.45) is 0 Å². The maximum absolute atomic E-state index is 12.4. The van der Waals surface area contributed by atoms with Gasteiger partial charge < -0.3 is 19.9 Å². The van der Waals surface area contributed by atoms with Gasteiger partial charge in [0.1, 0.15) is 6.04 Å². The molecule has 1 fully saturated rings. The van der Waals surface area contributed by atoms with Gasteiger partial charge in [-0.15, -0.1) is 0 Å². The molecule has 0 aliphatic carbocycles. The lowest BCUT2D eigenvalue weighted by molar-refractivity contribution is -0.141. The Hall–Kier alpha value is -3.28. The second-order valence-corrected chi connectivity index (χ2v) is 7.67. The molecule has 3 aromatic rings. The molecule has 0 unspecified atom stereocenters. The molecule has 2 aromatic carbocycles. The van der Waals surface area contributed by atoms with Crippen LogP contribution in [0.5, 0.6) is 0 Å². The third-order valence-electron chi connectivity index (χ3n) is 5.80. The molecule has 2 N–H and O–H groups in total. The summed E-state index contributed by atoms with van der Waals surface area (Å²) in [6.07, 6.45) is 2.75. The summed E-state index contributed by atoms with van der Waals surface area (Å²) in [4.78, 5) is 29.5. The average molecular weight is 405 g/mol. The zero-order chi connectivity index (χ0) is 21.1. The van der Waals surface area contributed by atoms with Gasteiger partial charge in [-0.3, -0.25) is 4.79 Å². The molecule has 1 saturated heterocycles. The Morgan fingerprint density at radius 3 is 2.73 bits per heavy atom. The first-order valence-electron chi connectivity index (χ1n) is 10.4. The lowest BCUT2D eigenvalue weighted by atomic mass is 10.1. The number of aryl methyl sites for hydroxylation is 1. The Morgan fingerprint density at radius 1 is 1.20 bits per heavy atom. The summed E-state index contributed by atoms with van der Waals surface area (Å²) in [7, 11) is 1.43. The number of aromatic nitrogens is 1. The van der Waals surface area contributed by atoms with Crippen LogP contribution in [0.2, 0.25) is 0 Å². The van der Waals surface area contributed by atoms with Crippen molar-refractivity contribution in [1.82, 2.24) is 4.98 Å². The minimum atomic E-state index is -0.210. The molecule has 4 rings (SSSR count). The van der Waals surface area contributed by atoms with E-state index in [1.807, 2.05) is 42.5 Å². The summed E-state index contributed by atoms with van der Waals surface area (Å²) < 4.78 is 4.93. The normalized spacial score (nSPS) is 16.1. The van der Waals surface area contributed by atoms with Crippen LogP contribution >= 0.6 is 0 Å². The number of hydrogen-bond donors (Lipinski definition) is 2. The Labute approximate surface area is 175 Å². The molecule has 30 heavy (non-hydrogen) atoms. The molecular formula is C24H27N3O3. The largest absolute Gasteiger partial charge is 0.467 e. The SMILES string of the molecule is CCc1ccc2[nH]c(=O)c(CNc3ccc(N4CCC[C@@H]4C(=O)OC)cc3)cc2c1. The highest BCUT2D eigenvalue weighted by molar-refractivity contribution is 5.81. The van der Waals surface area contributed by atoms with Gasteiger partial charge in [-0.2, -0.15) is 0 Å². The lowest BCUT2D eigenvalue weighted by Gasteiger charge is -2.25. The van der Waals surface area contributed by atoms with Crippen LogP contribution in [0.25, 0.3) is 10.9 Å². The average Bonchev–Trinajstić information content (AvgIpc) is 3.27. The zero-order valence-electron chi connectivity index (χ0n) is 17.4. The van der Waals surface area contributed by atoms with E-state index in [1.54, 1.807) is 0 Å². The fourth-order valence-corrected chi connectivity index (χ4v) is 4.08. The van der Waals surface area contributed by atoms with Gasteiger partial charge in [0.05, 0.1) is 7.11 Å². The van der Waals surface area contributed by atoms with E-state index in [1.165, 1.54) is 12.7 Å². The summed E-state index contributed by atoms with van der Waals surface area (Å²) in [5.41, 5.74) is 4.66. The molecule has 0 radical (unpaired) electrons. The van der Waals surface area contributed by atoms with E-state index in [4.69, 9.17) is 4.74 Å². The number of nitrogens with zero attached hydrogens (tertiary/aromatic N) is 1. The van der Waals surface area contributed by atoms with Gasteiger partial charge in [0.2, 0.25) is 0 Å². The monoisotopic (exact) mass is 405 g/mol. The first-order chi connectivity index (χ1) is 14.6. The van der Waals surface area contributed by atoms with Gasteiger partial charge >= 0.3 is 5.97 Å². The van der Waals surface area contributed by atoms with Crippen LogP contribution in [0.1, 0.15) is 30.9 Å². The van der Waals surface area contributed by atoms with Crippen LogP contribution in [-0.4, -0.2) is 30.6 Å². The maximum Gasteiger partial charge on any atom is 0.328 e. The predicted octanol–water partition coefficient (Wildman–Crippen LogP) is 3.84. The number of esters is 1. The molecule has 1 aliphatic heterocycles. The fraction of sp³-hybridized carbons (Fsp3) is 0.333. The quantitative estimate of drug-likeness (QED) is 0.610. The summed E-state index contributed by atoms with van der Waals surface area (Å²) in [6.45, 7) is 3.41. The minimum Gasteiger partial charge on any atom is -0.467 e. The van der Waals surface area contributed by atoms with E-state index >= 15 is 0 Å². The van der Waals surface area contributed by atoms with Gasteiger partial charge in [0.15, 0.2) is 0 Å². The molecule has 6 heteroatoms. The molecule has 0 spiro atoms. The number of hydrogen-bond acceptors (Lipinski definition) is 5. The molecular weight excluding hydrogens is 378 g/mol. The fourth-order valence-electron chi connectivity index (χ4n) is 4.08. The van der Waals surface area contributed by atoms with E-state index in [0.29, 0.717) is 12.1 Å². The molecule has 1 aromatic heterocycles. The van der Waals surface area contributed by atoms with E-state index in [2.05, 4.69) is 28.2 Å². The Balaban J connectivity index is 1.47. The highest BCUT2D eigenvalue weighted by Gasteiger charge is 2.31. The minimum absolute atomic E-state index is 0.0751. The zero-order valence-corrected chi connectivity index (χ0v) is 17.4. The van der Waals surface area contributed by atoms with Gasteiger partial charge in [0, 0.05) is 35.5 Å². The number of benzene rings is 2. The molecule has 156 valence electrons. The Kier molecular flexibility index (Phi) is 5.74. The van der Waals surface area contributed by atoms with Crippen molar-refractivity contribution in [3.8, 4) is 0 Å². The van der Waals surface area contributed by atoms with Crippen molar-refractivity contribution < 1.29 is 9.53 Å². The van der Waals surface area contributed by atoms with Crippen LogP contribution in [0, 0.1) is 0 Å². The van der Waals surface area contributed by atoms with E-state index in [-0.39, 0.29) is 17.6 Å². The van der Waals surface area contributed by atoms with E-state index in [9.17, 15) is 9.59 Å². The molecule has 0 bridgehead atoms. The van der Waals surface area contributed by atoms with Crippen molar-refractivity contribution in [3.05, 3.63) is 70.0 Å². The molecule has 0 saturated carbocycles. The first-order valence-corrected chi connectivity index (χ1v) is 10.4. The van der Waals surface area contributed by atoms with Crippen LogP contribution < -0.4 is 15.8 Å². The Morgan fingerprint density at radius 2 is 2.00 bits per heavy atom. The maximum atomic E-state index is 12.4. The summed E-state index contributed by atoms with van der Waals surface area (Å²) in [5, 5.41) is 4.37. The van der Waals surface area contributed by atoms with Crippen molar-refractivity contribution in [3.63, 3.8) is 0 Å². The standard InChI is InChI=1S/C24H27N3O3/c1-3-16-6-11-21-17(13-16)14-18(23(28)26-21)15-25-19-7-9-20(10-8-19)27-12-4-5-22(27)24(29)30-2/h6-11,13-14,22,25H,3-5,12,15H2,1-2H3,(H,26,28)/t22-/m1/s1. The number of carbonyl (C=O) groups is 1. The van der Waals surface area contributed by atoms with E-state index < -0.39 is 0 Å². The van der Waals surface area contributed by atoms with Crippen LogP contribution in [0.3, 0.4) is 0 Å². The first kappa shape index (κ1) is 20.0. The van der Waals surface area contributed by atoms with Gasteiger partial charge in [-0.05, 0) is 72.7 Å². The number of ether oxygens (including phenoxy) is 1. The second kappa shape index (κ2) is 8.61. The number of pyridine rings is 1. The number of methoxy groups -OCH3 is 1. The topological polar surface area (TPSA) is 74.4 Å². The summed E-state index contributed by atoms with van der Waals surface area (Å²) >= 11 is 0. The van der Waals surface area contributed by atoms with Gasteiger partial charge in [-0.1, -0.05) is 13.0 Å². The number of H-pyrrole nitrogens is 1. The lowest BCUT2D eigenvalue weighted by Crippen LogP contribution is -2.36. The van der Waals surface area contributed by atoms with Crippen molar-refractivity contribution in [2.75, 3.05) is 23.9 Å². The third kappa shape index (κ3) is 4.03. The smallest absolute Gasteiger partial charge is 0.328 e. The van der Waals surface area contributed by atoms with Crippen molar-refractivity contribution in [1.29, 1.82) is 0 Å². The predicted molar refractivity (Wildman–Crippen MR) is 120 cm³/mol. The van der Waals surface area contributed by atoms with Crippen LogP contribution in [0.4, 0.5) is 11.4 Å². The van der Waals surface area contributed by atoms with Crippen LogP contribution in [-0.2, 0) is 22.5 Å². The molecule has 1 aliphatic rings. The number of nitrogens with one attached hydrogen (secondary N) is 2. The summed E-state index contributed by atoms with van der Waals surface area (Å²) in [6, 6.07) is 15.8.